The van der Waals surface area contributed by atoms with E-state index in [9.17, 15) is 9.18 Å². The highest BCUT2D eigenvalue weighted by atomic mass is 19.1. The van der Waals surface area contributed by atoms with Crippen LogP contribution in [-0.2, 0) is 12.0 Å². The number of rotatable bonds is 4. The van der Waals surface area contributed by atoms with Gasteiger partial charge in [-0.2, -0.15) is 0 Å². The Morgan fingerprint density at radius 1 is 1.26 bits per heavy atom. The van der Waals surface area contributed by atoms with Crippen LogP contribution in [0.2, 0.25) is 0 Å². The van der Waals surface area contributed by atoms with E-state index in [-0.39, 0.29) is 22.8 Å². The van der Waals surface area contributed by atoms with E-state index in [4.69, 9.17) is 4.74 Å². The minimum Gasteiger partial charge on any atom is -0.494 e. The molecule has 0 aromatic heterocycles. The molecule has 1 saturated heterocycles. The number of hydrogen-bond acceptors (Lipinski definition) is 3. The maximum Gasteiger partial charge on any atom is 0.255 e. The summed E-state index contributed by atoms with van der Waals surface area (Å²) in [7, 11) is 1.40. The molecule has 1 amide bonds. The summed E-state index contributed by atoms with van der Waals surface area (Å²) in [4.78, 5) is 15.2. The number of anilines is 1. The van der Waals surface area contributed by atoms with Crippen LogP contribution in [-0.4, -0.2) is 31.0 Å². The van der Waals surface area contributed by atoms with Gasteiger partial charge in [0.2, 0.25) is 0 Å². The lowest BCUT2D eigenvalue weighted by molar-refractivity contribution is 0.102. The van der Waals surface area contributed by atoms with Crippen molar-refractivity contribution in [3.05, 3.63) is 58.9 Å². The molecule has 0 bridgehead atoms. The van der Waals surface area contributed by atoms with Gasteiger partial charge < -0.3 is 10.1 Å². The van der Waals surface area contributed by atoms with Crippen molar-refractivity contribution in [2.75, 3.05) is 25.5 Å². The number of carbonyl (C=O) groups is 1. The third kappa shape index (κ3) is 3.00. The zero-order valence-electron chi connectivity index (χ0n) is 15.8. The maximum atomic E-state index is 13.9. The Morgan fingerprint density at radius 2 is 2.11 bits per heavy atom. The van der Waals surface area contributed by atoms with Crippen LogP contribution >= 0.6 is 0 Å². The highest BCUT2D eigenvalue weighted by Gasteiger charge is 2.44. The Balaban J connectivity index is 1.62. The van der Waals surface area contributed by atoms with Gasteiger partial charge in [-0.3, -0.25) is 9.69 Å². The van der Waals surface area contributed by atoms with Gasteiger partial charge in [-0.05, 0) is 73.7 Å². The van der Waals surface area contributed by atoms with Gasteiger partial charge >= 0.3 is 0 Å². The molecule has 0 saturated carbocycles. The molecule has 142 valence electrons. The van der Waals surface area contributed by atoms with Crippen LogP contribution < -0.4 is 10.1 Å². The molecule has 2 aliphatic rings. The van der Waals surface area contributed by atoms with Crippen LogP contribution in [0.1, 0.15) is 47.7 Å². The van der Waals surface area contributed by atoms with E-state index in [0.29, 0.717) is 0 Å². The van der Waals surface area contributed by atoms with E-state index >= 15 is 0 Å². The molecule has 0 spiro atoms. The number of benzene rings is 2. The molecule has 4 nitrogen and oxygen atoms in total. The third-order valence-corrected chi connectivity index (χ3v) is 6.14. The predicted molar refractivity (Wildman–Crippen MR) is 104 cm³/mol. The quantitative estimate of drug-likeness (QED) is 0.873. The highest BCUT2D eigenvalue weighted by Crippen LogP contribution is 2.46. The number of nitrogens with zero attached hydrogens (tertiary/aromatic N) is 1. The van der Waals surface area contributed by atoms with Crippen LogP contribution in [0.25, 0.3) is 0 Å². The molecule has 5 heteroatoms. The van der Waals surface area contributed by atoms with Crippen molar-refractivity contribution in [1.82, 2.24) is 4.90 Å². The Morgan fingerprint density at radius 3 is 2.85 bits per heavy atom. The van der Waals surface area contributed by atoms with E-state index in [1.54, 1.807) is 6.07 Å². The molecule has 0 aliphatic carbocycles. The van der Waals surface area contributed by atoms with Crippen molar-refractivity contribution in [1.29, 1.82) is 0 Å². The molecular weight excluding hydrogens is 343 g/mol. The normalized spacial score (nSPS) is 21.4. The Labute approximate surface area is 159 Å². The van der Waals surface area contributed by atoms with Gasteiger partial charge in [-0.25, -0.2) is 4.39 Å². The summed E-state index contributed by atoms with van der Waals surface area (Å²) in [5, 5.41) is 2.93. The van der Waals surface area contributed by atoms with Crippen molar-refractivity contribution in [2.24, 2.45) is 0 Å². The van der Waals surface area contributed by atoms with Crippen molar-refractivity contribution >= 4 is 11.6 Å². The summed E-state index contributed by atoms with van der Waals surface area (Å²) in [6.45, 7) is 4.51. The van der Waals surface area contributed by atoms with Gasteiger partial charge in [-0.15, -0.1) is 0 Å². The molecule has 1 fully saturated rings. The van der Waals surface area contributed by atoms with Crippen LogP contribution in [0.15, 0.2) is 36.4 Å². The fourth-order valence-corrected chi connectivity index (χ4v) is 4.73. The summed E-state index contributed by atoms with van der Waals surface area (Å²) in [5.41, 5.74) is 3.85. The lowest BCUT2D eigenvalue weighted by atomic mass is 9.78. The first-order valence-electron chi connectivity index (χ1n) is 9.61. The molecule has 2 aromatic carbocycles. The van der Waals surface area contributed by atoms with E-state index in [1.165, 1.54) is 36.8 Å². The monoisotopic (exact) mass is 368 g/mol. The first-order chi connectivity index (χ1) is 13.1. The van der Waals surface area contributed by atoms with E-state index in [1.807, 2.05) is 6.07 Å². The second-order valence-corrected chi connectivity index (χ2v) is 7.40. The standard InChI is InChI=1S/C22H25FN2O2/c1-3-22-10-4-11-25(22)12-9-15-5-7-17(14-18(15)22)24-21(26)16-6-8-20(27-2)19(23)13-16/h5-8,13-14H,3-4,9-12H2,1-2H3,(H,24,26). The lowest BCUT2D eigenvalue weighted by Gasteiger charge is -2.43. The minimum absolute atomic E-state index is 0.0978. The van der Waals surface area contributed by atoms with Gasteiger partial charge in [-0.1, -0.05) is 13.0 Å². The van der Waals surface area contributed by atoms with Gasteiger partial charge in [0.15, 0.2) is 11.6 Å². The average molecular weight is 368 g/mol. The highest BCUT2D eigenvalue weighted by molar-refractivity contribution is 6.04. The molecule has 1 unspecified atom stereocenters. The van der Waals surface area contributed by atoms with Crippen LogP contribution in [0.3, 0.4) is 0 Å². The maximum absolute atomic E-state index is 13.9. The van der Waals surface area contributed by atoms with Crippen LogP contribution in [0.4, 0.5) is 10.1 Å². The van der Waals surface area contributed by atoms with Crippen LogP contribution in [0.5, 0.6) is 5.75 Å². The number of halogens is 1. The Bertz CT molecular complexity index is 883. The van der Waals surface area contributed by atoms with Crippen molar-refractivity contribution in [3.8, 4) is 5.75 Å². The van der Waals surface area contributed by atoms with Crippen molar-refractivity contribution < 1.29 is 13.9 Å². The molecule has 4 rings (SSSR count). The molecule has 0 radical (unpaired) electrons. The zero-order valence-corrected chi connectivity index (χ0v) is 15.8. The zero-order chi connectivity index (χ0) is 19.0. The third-order valence-electron chi connectivity index (χ3n) is 6.14. The SMILES string of the molecule is CCC12CCCN1CCc1ccc(NC(=O)c3ccc(OC)c(F)c3)cc12. The summed E-state index contributed by atoms with van der Waals surface area (Å²) in [5.74, 6) is -0.727. The number of carbonyl (C=O) groups excluding carboxylic acids is 1. The Kier molecular flexibility index (Phi) is 4.64. The van der Waals surface area contributed by atoms with Gasteiger partial charge in [0.25, 0.3) is 5.91 Å². The van der Waals surface area contributed by atoms with Gasteiger partial charge in [0.05, 0.1) is 7.11 Å². The second kappa shape index (κ2) is 6.97. The molecule has 2 heterocycles. The number of fused-ring (bicyclic) bond motifs is 3. The minimum atomic E-state index is -0.540. The van der Waals surface area contributed by atoms with Gasteiger partial charge in [0, 0.05) is 23.3 Å². The van der Waals surface area contributed by atoms with Crippen LogP contribution in [0, 0.1) is 5.82 Å². The molecule has 2 aliphatic heterocycles. The van der Waals surface area contributed by atoms with Gasteiger partial charge in [0.1, 0.15) is 0 Å². The second-order valence-electron chi connectivity index (χ2n) is 7.40. The molecule has 1 N–H and O–H groups in total. The largest absolute Gasteiger partial charge is 0.494 e. The topological polar surface area (TPSA) is 41.6 Å². The smallest absolute Gasteiger partial charge is 0.255 e. The number of methoxy groups -OCH3 is 1. The summed E-state index contributed by atoms with van der Waals surface area (Å²) in [6.07, 6.45) is 4.50. The van der Waals surface area contributed by atoms with E-state index in [0.717, 1.165) is 38.0 Å². The fraction of sp³-hybridized carbons (Fsp3) is 0.409. The first-order valence-corrected chi connectivity index (χ1v) is 9.61. The van der Waals surface area contributed by atoms with Crippen molar-refractivity contribution in [3.63, 3.8) is 0 Å². The first kappa shape index (κ1) is 18.0. The summed E-state index contributed by atoms with van der Waals surface area (Å²) < 4.78 is 18.8. The predicted octanol–water partition coefficient (Wildman–Crippen LogP) is 4.34. The number of ether oxygens (including phenoxy) is 1. The van der Waals surface area contributed by atoms with Crippen molar-refractivity contribution in [2.45, 2.75) is 38.1 Å². The average Bonchev–Trinajstić information content (AvgIpc) is 3.12. The summed E-state index contributed by atoms with van der Waals surface area (Å²) in [6, 6.07) is 10.4. The van der Waals surface area contributed by atoms with E-state index in [2.05, 4.69) is 29.3 Å². The fourth-order valence-electron chi connectivity index (χ4n) is 4.73. The molecule has 27 heavy (non-hydrogen) atoms. The molecule has 1 atom stereocenters. The molecular formula is C22H25FN2O2. The molecule has 2 aromatic rings. The van der Waals surface area contributed by atoms with E-state index < -0.39 is 5.82 Å². The summed E-state index contributed by atoms with van der Waals surface area (Å²) >= 11 is 0. The number of amides is 1. The lowest BCUT2D eigenvalue weighted by Crippen LogP contribution is -2.45. The Hall–Kier alpha value is -2.40. The number of nitrogens with one attached hydrogen (secondary N) is 1. The number of hydrogen-bond donors (Lipinski definition) is 1.